The fourth-order valence-corrected chi connectivity index (χ4v) is 1.58. The van der Waals surface area contributed by atoms with Gasteiger partial charge in [0, 0.05) is 0 Å². The highest BCUT2D eigenvalue weighted by Crippen LogP contribution is 2.24. The summed E-state index contributed by atoms with van der Waals surface area (Å²) in [5.74, 6) is 0.201. The molecule has 1 unspecified atom stereocenters. The van der Waals surface area contributed by atoms with Crippen LogP contribution in [0.3, 0.4) is 0 Å². The fourth-order valence-electron chi connectivity index (χ4n) is 1.58. The van der Waals surface area contributed by atoms with E-state index in [1.807, 2.05) is 24.3 Å². The largest absolute Gasteiger partial charge is 0.491 e. The molecule has 0 aliphatic carbocycles. The van der Waals surface area contributed by atoms with Crippen molar-refractivity contribution < 1.29 is 14.3 Å². The summed E-state index contributed by atoms with van der Waals surface area (Å²) >= 11 is 0. The number of carbonyl (C=O) groups is 1. The van der Waals surface area contributed by atoms with Gasteiger partial charge in [0.15, 0.2) is 0 Å². The van der Waals surface area contributed by atoms with E-state index in [1.165, 1.54) is 12.7 Å². The SMILES string of the molecule is COC(=O)C(C)(N)COc1ccc(C(C)(C)C)cc1. The van der Waals surface area contributed by atoms with Gasteiger partial charge in [-0.3, -0.25) is 0 Å². The number of esters is 1. The predicted molar refractivity (Wildman–Crippen MR) is 75.2 cm³/mol. The Morgan fingerprint density at radius 2 is 1.68 bits per heavy atom. The molecule has 4 heteroatoms. The lowest BCUT2D eigenvalue weighted by Gasteiger charge is -2.22. The van der Waals surface area contributed by atoms with Crippen molar-refractivity contribution in [3.63, 3.8) is 0 Å². The van der Waals surface area contributed by atoms with Crippen molar-refractivity contribution in [1.82, 2.24) is 0 Å². The Labute approximate surface area is 114 Å². The maximum absolute atomic E-state index is 11.4. The molecule has 19 heavy (non-hydrogen) atoms. The number of ether oxygens (including phenoxy) is 2. The standard InChI is InChI=1S/C15H23NO3/c1-14(2,3)11-6-8-12(9-7-11)19-10-15(4,16)13(17)18-5/h6-9H,10,16H2,1-5H3. The molecule has 0 spiro atoms. The van der Waals surface area contributed by atoms with Crippen LogP contribution in [0.4, 0.5) is 0 Å². The summed E-state index contributed by atoms with van der Waals surface area (Å²) in [5, 5.41) is 0. The monoisotopic (exact) mass is 265 g/mol. The van der Waals surface area contributed by atoms with E-state index >= 15 is 0 Å². The maximum Gasteiger partial charge on any atom is 0.329 e. The van der Waals surface area contributed by atoms with Gasteiger partial charge in [-0.25, -0.2) is 4.79 Å². The molecule has 0 aromatic heterocycles. The zero-order valence-electron chi connectivity index (χ0n) is 12.3. The van der Waals surface area contributed by atoms with E-state index in [1.54, 1.807) is 6.92 Å². The Kier molecular flexibility index (Phi) is 4.58. The second-order valence-corrected chi connectivity index (χ2v) is 5.97. The number of rotatable bonds is 4. The highest BCUT2D eigenvalue weighted by Gasteiger charge is 2.30. The Bertz CT molecular complexity index is 430. The average molecular weight is 265 g/mol. The lowest BCUT2D eigenvalue weighted by atomic mass is 9.87. The summed E-state index contributed by atoms with van der Waals surface area (Å²) in [4.78, 5) is 11.4. The number of carbonyl (C=O) groups excluding carboxylic acids is 1. The summed E-state index contributed by atoms with van der Waals surface area (Å²) < 4.78 is 10.2. The van der Waals surface area contributed by atoms with E-state index < -0.39 is 11.5 Å². The van der Waals surface area contributed by atoms with Gasteiger partial charge in [-0.15, -0.1) is 0 Å². The first kappa shape index (κ1) is 15.5. The molecule has 4 nitrogen and oxygen atoms in total. The second kappa shape index (κ2) is 5.61. The van der Waals surface area contributed by atoms with Gasteiger partial charge in [0.2, 0.25) is 0 Å². The molecule has 0 bridgehead atoms. The van der Waals surface area contributed by atoms with Crippen molar-refractivity contribution in [3.05, 3.63) is 29.8 Å². The van der Waals surface area contributed by atoms with Crippen LogP contribution in [0.5, 0.6) is 5.75 Å². The maximum atomic E-state index is 11.4. The zero-order chi connectivity index (χ0) is 14.7. The second-order valence-electron chi connectivity index (χ2n) is 5.97. The van der Waals surface area contributed by atoms with Crippen LogP contribution in [-0.4, -0.2) is 25.2 Å². The highest BCUT2D eigenvalue weighted by molar-refractivity contribution is 5.80. The van der Waals surface area contributed by atoms with Gasteiger partial charge in [-0.1, -0.05) is 32.9 Å². The lowest BCUT2D eigenvalue weighted by molar-refractivity contribution is -0.147. The van der Waals surface area contributed by atoms with Crippen LogP contribution in [-0.2, 0) is 14.9 Å². The fraction of sp³-hybridized carbons (Fsp3) is 0.533. The van der Waals surface area contributed by atoms with Crippen molar-refractivity contribution in [2.24, 2.45) is 5.73 Å². The Balaban J connectivity index is 2.67. The van der Waals surface area contributed by atoms with Crippen LogP contribution >= 0.6 is 0 Å². The predicted octanol–water partition coefficient (Wildman–Crippen LogP) is 2.25. The van der Waals surface area contributed by atoms with Gasteiger partial charge in [0.1, 0.15) is 17.9 Å². The van der Waals surface area contributed by atoms with E-state index in [-0.39, 0.29) is 12.0 Å². The quantitative estimate of drug-likeness (QED) is 0.848. The van der Waals surface area contributed by atoms with E-state index in [0.29, 0.717) is 5.75 Å². The van der Waals surface area contributed by atoms with Crippen LogP contribution in [0.1, 0.15) is 33.3 Å². The van der Waals surface area contributed by atoms with E-state index in [2.05, 4.69) is 25.5 Å². The third-order valence-electron chi connectivity index (χ3n) is 2.91. The number of nitrogens with two attached hydrogens (primary N) is 1. The van der Waals surface area contributed by atoms with Crippen LogP contribution < -0.4 is 10.5 Å². The molecule has 2 N–H and O–H groups in total. The molecule has 1 aromatic carbocycles. The average Bonchev–Trinajstić information content (AvgIpc) is 2.35. The van der Waals surface area contributed by atoms with Crippen LogP contribution in [0, 0.1) is 0 Å². The van der Waals surface area contributed by atoms with Crippen molar-refractivity contribution in [2.75, 3.05) is 13.7 Å². The number of methoxy groups -OCH3 is 1. The van der Waals surface area contributed by atoms with Gasteiger partial charge >= 0.3 is 5.97 Å². The molecule has 0 fully saturated rings. The van der Waals surface area contributed by atoms with E-state index in [4.69, 9.17) is 10.5 Å². The summed E-state index contributed by atoms with van der Waals surface area (Å²) in [6.45, 7) is 8.11. The molecular formula is C15H23NO3. The van der Waals surface area contributed by atoms with E-state index in [0.717, 1.165) is 0 Å². The van der Waals surface area contributed by atoms with Gasteiger partial charge in [-0.05, 0) is 30.0 Å². The van der Waals surface area contributed by atoms with Gasteiger partial charge in [0.25, 0.3) is 0 Å². The first-order chi connectivity index (χ1) is 8.66. The van der Waals surface area contributed by atoms with Gasteiger partial charge in [0.05, 0.1) is 7.11 Å². The minimum absolute atomic E-state index is 0.0779. The molecule has 0 aliphatic heterocycles. The van der Waals surface area contributed by atoms with Gasteiger partial charge < -0.3 is 15.2 Å². The summed E-state index contributed by atoms with van der Waals surface area (Å²) in [6.07, 6.45) is 0. The Morgan fingerprint density at radius 3 is 2.11 bits per heavy atom. The summed E-state index contributed by atoms with van der Waals surface area (Å²) in [6, 6.07) is 7.80. The molecule has 106 valence electrons. The summed E-state index contributed by atoms with van der Waals surface area (Å²) in [5.41, 5.74) is 6.01. The highest BCUT2D eigenvalue weighted by atomic mass is 16.5. The molecule has 0 saturated heterocycles. The van der Waals surface area contributed by atoms with E-state index in [9.17, 15) is 4.79 Å². The number of hydrogen-bond donors (Lipinski definition) is 1. The van der Waals surface area contributed by atoms with Crippen LogP contribution in [0.2, 0.25) is 0 Å². The van der Waals surface area contributed by atoms with Crippen molar-refractivity contribution in [1.29, 1.82) is 0 Å². The first-order valence-corrected chi connectivity index (χ1v) is 6.27. The molecule has 1 aromatic rings. The molecule has 0 aliphatic rings. The third-order valence-corrected chi connectivity index (χ3v) is 2.91. The van der Waals surface area contributed by atoms with Crippen LogP contribution in [0.15, 0.2) is 24.3 Å². The molecule has 1 atom stereocenters. The molecule has 0 saturated carbocycles. The first-order valence-electron chi connectivity index (χ1n) is 6.27. The Hall–Kier alpha value is -1.55. The molecule has 0 amide bonds. The summed E-state index contributed by atoms with van der Waals surface area (Å²) in [7, 11) is 1.31. The van der Waals surface area contributed by atoms with Crippen molar-refractivity contribution >= 4 is 5.97 Å². The Morgan fingerprint density at radius 1 is 1.16 bits per heavy atom. The normalized spacial score (nSPS) is 14.6. The van der Waals surface area contributed by atoms with Crippen molar-refractivity contribution in [3.8, 4) is 5.75 Å². The number of hydrogen-bond acceptors (Lipinski definition) is 4. The zero-order valence-corrected chi connectivity index (χ0v) is 12.3. The molecular weight excluding hydrogens is 242 g/mol. The minimum Gasteiger partial charge on any atom is -0.491 e. The lowest BCUT2D eigenvalue weighted by Crippen LogP contribution is -2.50. The minimum atomic E-state index is -1.14. The molecule has 0 radical (unpaired) electrons. The smallest absolute Gasteiger partial charge is 0.329 e. The van der Waals surface area contributed by atoms with Crippen molar-refractivity contribution in [2.45, 2.75) is 38.6 Å². The van der Waals surface area contributed by atoms with Gasteiger partial charge in [-0.2, -0.15) is 0 Å². The third kappa shape index (κ3) is 4.24. The molecule has 0 heterocycles. The molecule has 1 rings (SSSR count). The van der Waals surface area contributed by atoms with Crippen LogP contribution in [0.25, 0.3) is 0 Å². The topological polar surface area (TPSA) is 61.5 Å². The number of benzene rings is 1.